The number of hydrogen-bond acceptors (Lipinski definition) is 2. The molecule has 0 saturated carbocycles. The van der Waals surface area contributed by atoms with Gasteiger partial charge in [-0.2, -0.15) is 0 Å². The van der Waals surface area contributed by atoms with Gasteiger partial charge in [0.15, 0.2) is 0 Å². The number of benzene rings is 1. The Kier molecular flexibility index (Phi) is 3.38. The third-order valence-electron chi connectivity index (χ3n) is 1.47. The van der Waals surface area contributed by atoms with E-state index in [-0.39, 0.29) is 5.69 Å². The molecule has 0 aromatic heterocycles. The second kappa shape index (κ2) is 4.15. The minimum absolute atomic E-state index is 0.219. The highest BCUT2D eigenvalue weighted by Gasteiger charge is 2.17. The summed E-state index contributed by atoms with van der Waals surface area (Å²) in [6.45, 7) is 0. The quantitative estimate of drug-likeness (QED) is 0.477. The summed E-state index contributed by atoms with van der Waals surface area (Å²) >= 11 is 6.15. The summed E-state index contributed by atoms with van der Waals surface area (Å²) in [6.07, 6.45) is 0. The van der Waals surface area contributed by atoms with Crippen LogP contribution in [0.25, 0.3) is 0 Å². The molecule has 0 saturated heterocycles. The largest absolute Gasteiger partial charge is 0.277 e. The molecule has 3 nitrogen and oxygen atoms in total. The molecule has 6 heteroatoms. The van der Waals surface area contributed by atoms with Gasteiger partial charge in [-0.1, -0.05) is 31.9 Å². The Morgan fingerprint density at radius 2 is 2.15 bits per heavy atom. The number of nitro groups is 1. The van der Waals surface area contributed by atoms with E-state index in [0.29, 0.717) is 15.4 Å². The lowest BCUT2D eigenvalue weighted by atomic mass is 10.2. The average molecular weight is 313 g/mol. The molecular formula is C7H4Br2FNO2. The topological polar surface area (TPSA) is 43.1 Å². The molecule has 70 valence electrons. The molecule has 1 rings (SSSR count). The maximum atomic E-state index is 12.8. The van der Waals surface area contributed by atoms with Gasteiger partial charge in [-0.05, 0) is 6.07 Å². The first kappa shape index (κ1) is 10.6. The molecular weight excluding hydrogens is 309 g/mol. The van der Waals surface area contributed by atoms with Gasteiger partial charge in [0.2, 0.25) is 0 Å². The molecule has 1 aromatic carbocycles. The van der Waals surface area contributed by atoms with Crippen molar-refractivity contribution in [1.29, 1.82) is 0 Å². The zero-order valence-electron chi connectivity index (χ0n) is 6.26. The summed E-state index contributed by atoms with van der Waals surface area (Å²) in [6, 6.07) is 2.10. The summed E-state index contributed by atoms with van der Waals surface area (Å²) in [5, 5.41) is 10.8. The Hall–Kier alpha value is -0.490. The van der Waals surface area contributed by atoms with Crippen molar-refractivity contribution in [2.75, 3.05) is 0 Å². The number of nitro benzene ring substituents is 1. The third-order valence-corrected chi connectivity index (χ3v) is 2.74. The van der Waals surface area contributed by atoms with E-state index in [1.807, 2.05) is 0 Å². The van der Waals surface area contributed by atoms with Crippen molar-refractivity contribution in [2.24, 2.45) is 0 Å². The summed E-state index contributed by atoms with van der Waals surface area (Å²) in [4.78, 5) is 9.88. The van der Waals surface area contributed by atoms with Crippen molar-refractivity contribution in [2.45, 2.75) is 5.33 Å². The molecule has 0 aliphatic carbocycles. The van der Waals surface area contributed by atoms with Gasteiger partial charge in [0, 0.05) is 9.80 Å². The van der Waals surface area contributed by atoms with Gasteiger partial charge in [-0.15, -0.1) is 0 Å². The van der Waals surface area contributed by atoms with E-state index < -0.39 is 10.7 Å². The number of halogens is 3. The average Bonchev–Trinajstić information content (AvgIpc) is 2.02. The van der Waals surface area contributed by atoms with E-state index in [9.17, 15) is 14.5 Å². The lowest BCUT2D eigenvalue weighted by Gasteiger charge is -2.01. The molecule has 0 amide bonds. The van der Waals surface area contributed by atoms with E-state index in [4.69, 9.17) is 0 Å². The number of nitrogens with zero attached hydrogens (tertiary/aromatic N) is 1. The van der Waals surface area contributed by atoms with Crippen molar-refractivity contribution in [1.82, 2.24) is 0 Å². The van der Waals surface area contributed by atoms with Gasteiger partial charge in [-0.3, -0.25) is 10.1 Å². The van der Waals surface area contributed by atoms with Crippen molar-refractivity contribution in [3.05, 3.63) is 38.1 Å². The van der Waals surface area contributed by atoms with Crippen LogP contribution in [0.4, 0.5) is 10.1 Å². The molecule has 0 spiro atoms. The van der Waals surface area contributed by atoms with Crippen molar-refractivity contribution >= 4 is 37.5 Å². The second-order valence-corrected chi connectivity index (χ2v) is 3.69. The van der Waals surface area contributed by atoms with Crippen LogP contribution in [0.1, 0.15) is 5.56 Å². The van der Waals surface area contributed by atoms with Crippen LogP contribution in [-0.4, -0.2) is 4.92 Å². The van der Waals surface area contributed by atoms with Gasteiger partial charge >= 0.3 is 0 Å². The van der Waals surface area contributed by atoms with Crippen LogP contribution >= 0.6 is 31.9 Å². The van der Waals surface area contributed by atoms with Crippen molar-refractivity contribution in [3.63, 3.8) is 0 Å². The van der Waals surface area contributed by atoms with Crippen LogP contribution in [0, 0.1) is 15.9 Å². The first-order chi connectivity index (χ1) is 6.06. The number of hydrogen-bond donors (Lipinski definition) is 0. The molecule has 0 unspecified atom stereocenters. The highest BCUT2D eigenvalue weighted by molar-refractivity contribution is 9.10. The zero-order valence-corrected chi connectivity index (χ0v) is 9.43. The zero-order chi connectivity index (χ0) is 10.0. The van der Waals surface area contributed by atoms with Crippen LogP contribution in [-0.2, 0) is 5.33 Å². The molecule has 0 heterocycles. The standard InChI is InChI=1S/C7H4Br2FNO2/c8-3-5-6(9)1-4(10)2-7(5)11(12)13/h1-2H,3H2. The highest BCUT2D eigenvalue weighted by Crippen LogP contribution is 2.29. The SMILES string of the molecule is O=[N+]([O-])c1cc(F)cc(Br)c1CBr. The summed E-state index contributed by atoms with van der Waals surface area (Å²) in [5.41, 5.74) is 0.218. The van der Waals surface area contributed by atoms with E-state index in [1.165, 1.54) is 6.07 Å². The molecule has 0 bridgehead atoms. The van der Waals surface area contributed by atoms with E-state index >= 15 is 0 Å². The van der Waals surface area contributed by atoms with Gasteiger partial charge in [0.1, 0.15) is 5.82 Å². The normalized spacial score (nSPS) is 10.1. The van der Waals surface area contributed by atoms with Gasteiger partial charge in [0.05, 0.1) is 16.6 Å². The predicted molar refractivity (Wildman–Crippen MR) is 53.4 cm³/mol. The van der Waals surface area contributed by atoms with Crippen LogP contribution in [0.15, 0.2) is 16.6 Å². The lowest BCUT2D eigenvalue weighted by Crippen LogP contribution is -1.95. The predicted octanol–water partition coefficient (Wildman–Crippen LogP) is 3.39. The van der Waals surface area contributed by atoms with Crippen molar-refractivity contribution < 1.29 is 9.31 Å². The Morgan fingerprint density at radius 1 is 1.54 bits per heavy atom. The van der Waals surface area contributed by atoms with Crippen LogP contribution in [0.3, 0.4) is 0 Å². The molecule has 0 radical (unpaired) electrons. The highest BCUT2D eigenvalue weighted by atomic mass is 79.9. The summed E-state index contributed by atoms with van der Waals surface area (Å²) in [5.74, 6) is -0.622. The van der Waals surface area contributed by atoms with Gasteiger partial charge in [0.25, 0.3) is 5.69 Å². The molecule has 0 aliphatic rings. The first-order valence-corrected chi connectivity index (χ1v) is 5.16. The van der Waals surface area contributed by atoms with Gasteiger partial charge < -0.3 is 0 Å². The van der Waals surface area contributed by atoms with Crippen LogP contribution < -0.4 is 0 Å². The molecule has 0 atom stereocenters. The molecule has 13 heavy (non-hydrogen) atoms. The monoisotopic (exact) mass is 311 g/mol. The molecule has 0 aliphatic heterocycles. The lowest BCUT2D eigenvalue weighted by molar-refractivity contribution is -0.385. The number of rotatable bonds is 2. The first-order valence-electron chi connectivity index (χ1n) is 3.24. The van der Waals surface area contributed by atoms with Crippen LogP contribution in [0.5, 0.6) is 0 Å². The Balaban J connectivity index is 3.38. The second-order valence-electron chi connectivity index (χ2n) is 2.28. The Labute approximate surface area is 90.3 Å². The Morgan fingerprint density at radius 3 is 2.62 bits per heavy atom. The van der Waals surface area contributed by atoms with E-state index in [1.54, 1.807) is 0 Å². The minimum atomic E-state index is -0.622. The fraction of sp³-hybridized carbons (Fsp3) is 0.143. The fourth-order valence-corrected chi connectivity index (χ4v) is 2.41. The van der Waals surface area contributed by atoms with Crippen LogP contribution in [0.2, 0.25) is 0 Å². The van der Waals surface area contributed by atoms with Gasteiger partial charge in [-0.25, -0.2) is 4.39 Å². The van der Waals surface area contributed by atoms with Crippen molar-refractivity contribution in [3.8, 4) is 0 Å². The summed E-state index contributed by atoms with van der Waals surface area (Å²) < 4.78 is 13.2. The molecule has 0 fully saturated rings. The molecule has 1 aromatic rings. The maximum absolute atomic E-state index is 12.8. The maximum Gasteiger partial charge on any atom is 0.277 e. The van der Waals surface area contributed by atoms with E-state index in [0.717, 1.165) is 6.07 Å². The minimum Gasteiger partial charge on any atom is -0.258 e. The Bertz CT molecular complexity index is 357. The molecule has 0 N–H and O–H groups in total. The smallest absolute Gasteiger partial charge is 0.258 e. The van der Waals surface area contributed by atoms with E-state index in [2.05, 4.69) is 31.9 Å². The summed E-state index contributed by atoms with van der Waals surface area (Å²) in [7, 11) is 0. The fourth-order valence-electron chi connectivity index (χ4n) is 0.885. The number of alkyl halides is 1. The third kappa shape index (κ3) is 2.25.